The Hall–Kier alpha value is -0.860. The first-order valence-electron chi connectivity index (χ1n) is 7.60. The summed E-state index contributed by atoms with van der Waals surface area (Å²) >= 11 is 0. The molecular weight excluding hydrogens is 246 g/mol. The summed E-state index contributed by atoms with van der Waals surface area (Å²) in [6.45, 7) is 13.7. The Labute approximate surface area is 123 Å². The van der Waals surface area contributed by atoms with Crippen molar-refractivity contribution < 1.29 is 5.11 Å². The fourth-order valence-corrected chi connectivity index (χ4v) is 3.80. The van der Waals surface area contributed by atoms with Crippen molar-refractivity contribution in [2.24, 2.45) is 22.5 Å². The second kappa shape index (κ2) is 4.85. The Bertz CT molecular complexity index is 490. The molecule has 2 atom stereocenters. The molecule has 20 heavy (non-hydrogen) atoms. The van der Waals surface area contributed by atoms with E-state index >= 15 is 0 Å². The maximum absolute atomic E-state index is 10.9. The van der Waals surface area contributed by atoms with E-state index in [4.69, 9.17) is 5.73 Å². The second-order valence-electron chi connectivity index (χ2n) is 7.60. The minimum atomic E-state index is -0.368. The number of hydrogen-bond donors (Lipinski definition) is 2. The maximum Gasteiger partial charge on any atom is 0.0659 e. The van der Waals surface area contributed by atoms with Gasteiger partial charge in [-0.05, 0) is 47.3 Å². The quantitative estimate of drug-likeness (QED) is 0.885. The topological polar surface area (TPSA) is 46.2 Å². The lowest BCUT2D eigenvalue weighted by Crippen LogP contribution is -2.29. The number of nitrogens with two attached hydrogens (primary N) is 1. The third-order valence-corrected chi connectivity index (χ3v) is 6.10. The van der Waals surface area contributed by atoms with E-state index in [0.29, 0.717) is 12.5 Å². The summed E-state index contributed by atoms with van der Waals surface area (Å²) in [5.74, 6) is 0.338. The highest BCUT2D eigenvalue weighted by atomic mass is 16.3. The predicted molar refractivity (Wildman–Crippen MR) is 84.8 cm³/mol. The van der Waals surface area contributed by atoms with Crippen LogP contribution in [-0.4, -0.2) is 17.8 Å². The van der Waals surface area contributed by atoms with Crippen LogP contribution in [-0.2, 0) is 0 Å². The lowest BCUT2D eigenvalue weighted by Gasteiger charge is -2.24. The molecule has 2 heteroatoms. The molecule has 2 nitrogen and oxygen atoms in total. The molecule has 1 fully saturated rings. The summed E-state index contributed by atoms with van der Waals surface area (Å²) in [7, 11) is 0. The van der Waals surface area contributed by atoms with Gasteiger partial charge in [-0.2, -0.15) is 0 Å². The molecule has 1 saturated carbocycles. The SMILES string of the molecule is Cc1ccc(C(CN)C(O)C2C(C)(C)C2(C)C)cc1C. The Morgan fingerprint density at radius 2 is 1.65 bits per heavy atom. The lowest BCUT2D eigenvalue weighted by molar-refractivity contribution is 0.102. The molecule has 0 heterocycles. The third-order valence-electron chi connectivity index (χ3n) is 6.10. The van der Waals surface area contributed by atoms with Gasteiger partial charge in [0.05, 0.1) is 6.10 Å². The molecule has 0 saturated heterocycles. The van der Waals surface area contributed by atoms with Gasteiger partial charge in [0.1, 0.15) is 0 Å². The first-order valence-corrected chi connectivity index (χ1v) is 7.60. The standard InChI is InChI=1S/C18H29NO/c1-11-7-8-13(9-12(11)2)14(10-19)15(20)16-17(3,4)18(16,5)6/h7-9,14-16,20H,10,19H2,1-6H3. The van der Waals surface area contributed by atoms with E-state index in [1.54, 1.807) is 0 Å². The van der Waals surface area contributed by atoms with Crippen molar-refractivity contribution in [3.63, 3.8) is 0 Å². The van der Waals surface area contributed by atoms with Crippen molar-refractivity contribution in [1.29, 1.82) is 0 Å². The first-order chi connectivity index (χ1) is 9.14. The van der Waals surface area contributed by atoms with Crippen LogP contribution < -0.4 is 5.73 Å². The molecule has 0 bridgehead atoms. The lowest BCUT2D eigenvalue weighted by atomic mass is 9.86. The first kappa shape index (κ1) is 15.5. The molecule has 1 aromatic rings. The van der Waals surface area contributed by atoms with Crippen LogP contribution in [0.25, 0.3) is 0 Å². The van der Waals surface area contributed by atoms with E-state index in [1.807, 2.05) is 0 Å². The minimum absolute atomic E-state index is 0.0281. The summed E-state index contributed by atoms with van der Waals surface area (Å²) < 4.78 is 0. The Balaban J connectivity index is 2.27. The highest BCUT2D eigenvalue weighted by Gasteiger charge is 2.67. The summed E-state index contributed by atoms with van der Waals surface area (Å²) in [6, 6.07) is 6.42. The fraction of sp³-hybridized carbons (Fsp3) is 0.667. The van der Waals surface area contributed by atoms with Gasteiger partial charge in [0, 0.05) is 12.5 Å². The monoisotopic (exact) mass is 275 g/mol. The summed E-state index contributed by atoms with van der Waals surface area (Å²) in [6.07, 6.45) is -0.368. The Morgan fingerprint density at radius 3 is 2.05 bits per heavy atom. The van der Waals surface area contributed by atoms with E-state index in [2.05, 4.69) is 59.7 Å². The van der Waals surface area contributed by atoms with Crippen LogP contribution in [0.3, 0.4) is 0 Å². The molecule has 0 aliphatic heterocycles. The molecule has 0 aromatic heterocycles. The van der Waals surface area contributed by atoms with Crippen molar-refractivity contribution >= 4 is 0 Å². The number of aliphatic hydroxyl groups is 1. The smallest absolute Gasteiger partial charge is 0.0659 e. The van der Waals surface area contributed by atoms with Crippen LogP contribution in [0.15, 0.2) is 18.2 Å². The number of rotatable bonds is 4. The molecule has 112 valence electrons. The average molecular weight is 275 g/mol. The van der Waals surface area contributed by atoms with Crippen LogP contribution in [0.4, 0.5) is 0 Å². The van der Waals surface area contributed by atoms with Gasteiger partial charge >= 0.3 is 0 Å². The van der Waals surface area contributed by atoms with Crippen molar-refractivity contribution in [3.05, 3.63) is 34.9 Å². The summed E-state index contributed by atoms with van der Waals surface area (Å²) in [5.41, 5.74) is 10.1. The molecule has 0 amide bonds. The van der Waals surface area contributed by atoms with Gasteiger partial charge in [0.25, 0.3) is 0 Å². The largest absolute Gasteiger partial charge is 0.392 e. The van der Waals surface area contributed by atoms with Gasteiger partial charge in [-0.1, -0.05) is 45.9 Å². The Morgan fingerprint density at radius 1 is 1.10 bits per heavy atom. The van der Waals surface area contributed by atoms with Crippen LogP contribution in [0.2, 0.25) is 0 Å². The highest BCUT2D eigenvalue weighted by molar-refractivity contribution is 5.33. The molecule has 2 unspecified atom stereocenters. The number of hydrogen-bond acceptors (Lipinski definition) is 2. The van der Waals surface area contributed by atoms with Gasteiger partial charge < -0.3 is 10.8 Å². The fourth-order valence-electron chi connectivity index (χ4n) is 3.80. The van der Waals surface area contributed by atoms with Crippen molar-refractivity contribution in [2.45, 2.75) is 53.6 Å². The normalized spacial score (nSPS) is 23.4. The van der Waals surface area contributed by atoms with E-state index in [9.17, 15) is 5.11 Å². The van der Waals surface area contributed by atoms with Gasteiger partial charge in [0.2, 0.25) is 0 Å². The molecule has 1 aliphatic carbocycles. The van der Waals surface area contributed by atoms with Crippen LogP contribution in [0.1, 0.15) is 50.3 Å². The Kier molecular flexibility index (Phi) is 3.77. The van der Waals surface area contributed by atoms with Gasteiger partial charge in [0.15, 0.2) is 0 Å². The van der Waals surface area contributed by atoms with E-state index < -0.39 is 0 Å². The van der Waals surface area contributed by atoms with E-state index in [1.165, 1.54) is 16.7 Å². The van der Waals surface area contributed by atoms with E-state index in [-0.39, 0.29) is 22.9 Å². The molecular formula is C18H29NO. The van der Waals surface area contributed by atoms with Crippen LogP contribution in [0.5, 0.6) is 0 Å². The summed E-state index contributed by atoms with van der Waals surface area (Å²) in [4.78, 5) is 0. The molecule has 1 aliphatic rings. The average Bonchev–Trinajstić information content (AvgIpc) is 2.75. The zero-order valence-electron chi connectivity index (χ0n) is 13.7. The number of benzene rings is 1. The molecule has 2 rings (SSSR count). The van der Waals surface area contributed by atoms with Gasteiger partial charge in [-0.25, -0.2) is 0 Å². The predicted octanol–water partition coefficient (Wildman–Crippen LogP) is 3.39. The maximum atomic E-state index is 10.9. The van der Waals surface area contributed by atoms with Crippen molar-refractivity contribution in [2.75, 3.05) is 6.54 Å². The van der Waals surface area contributed by atoms with Gasteiger partial charge in [-0.3, -0.25) is 0 Å². The molecule has 3 N–H and O–H groups in total. The molecule has 0 radical (unpaired) electrons. The number of aryl methyl sites for hydroxylation is 2. The van der Waals surface area contributed by atoms with Gasteiger partial charge in [-0.15, -0.1) is 0 Å². The van der Waals surface area contributed by atoms with Crippen molar-refractivity contribution in [3.8, 4) is 0 Å². The second-order valence-corrected chi connectivity index (χ2v) is 7.60. The van der Waals surface area contributed by atoms with Crippen LogP contribution in [0, 0.1) is 30.6 Å². The third kappa shape index (κ3) is 2.19. The summed E-state index contributed by atoms with van der Waals surface area (Å²) in [5, 5.41) is 10.9. The molecule has 0 spiro atoms. The van der Waals surface area contributed by atoms with Crippen LogP contribution >= 0.6 is 0 Å². The molecule has 1 aromatic carbocycles. The zero-order chi connectivity index (χ0) is 15.3. The minimum Gasteiger partial charge on any atom is -0.392 e. The zero-order valence-corrected chi connectivity index (χ0v) is 13.7. The van der Waals surface area contributed by atoms with Crippen molar-refractivity contribution in [1.82, 2.24) is 0 Å². The highest BCUT2D eigenvalue weighted by Crippen LogP contribution is 2.70. The number of aliphatic hydroxyl groups excluding tert-OH is 1. The van der Waals surface area contributed by atoms with E-state index in [0.717, 1.165) is 0 Å².